The SMILES string of the molecule is N#CCc1cnc(C2CCCC2)cn1. The van der Waals surface area contributed by atoms with Crippen molar-refractivity contribution in [2.45, 2.75) is 38.0 Å². The summed E-state index contributed by atoms with van der Waals surface area (Å²) in [5.74, 6) is 0.610. The summed E-state index contributed by atoms with van der Waals surface area (Å²) >= 11 is 0. The summed E-state index contributed by atoms with van der Waals surface area (Å²) in [6.07, 6.45) is 9.04. The minimum Gasteiger partial charge on any atom is -0.257 e. The Morgan fingerprint density at radius 2 is 2.07 bits per heavy atom. The smallest absolute Gasteiger partial charge is 0.0790 e. The number of nitrogens with zero attached hydrogens (tertiary/aromatic N) is 3. The first kappa shape index (κ1) is 9.14. The van der Waals surface area contributed by atoms with Crippen LogP contribution in [0.4, 0.5) is 0 Å². The summed E-state index contributed by atoms with van der Waals surface area (Å²) in [6, 6.07) is 2.07. The van der Waals surface area contributed by atoms with Crippen LogP contribution in [-0.4, -0.2) is 9.97 Å². The maximum absolute atomic E-state index is 8.48. The molecule has 3 heteroatoms. The molecule has 1 aromatic rings. The molecule has 1 heterocycles. The summed E-state index contributed by atoms with van der Waals surface area (Å²) < 4.78 is 0. The number of hydrogen-bond acceptors (Lipinski definition) is 3. The van der Waals surface area contributed by atoms with E-state index in [9.17, 15) is 0 Å². The molecule has 0 bridgehead atoms. The van der Waals surface area contributed by atoms with Crippen molar-refractivity contribution in [3.8, 4) is 6.07 Å². The fourth-order valence-electron chi connectivity index (χ4n) is 1.97. The van der Waals surface area contributed by atoms with Crippen LogP contribution in [0.15, 0.2) is 12.4 Å². The van der Waals surface area contributed by atoms with Gasteiger partial charge in [-0.3, -0.25) is 9.97 Å². The predicted molar refractivity (Wildman–Crippen MR) is 52.6 cm³/mol. The van der Waals surface area contributed by atoms with Crippen LogP contribution in [0.3, 0.4) is 0 Å². The highest BCUT2D eigenvalue weighted by Gasteiger charge is 2.18. The maximum Gasteiger partial charge on any atom is 0.0790 e. The van der Waals surface area contributed by atoms with Crippen LogP contribution < -0.4 is 0 Å². The average molecular weight is 187 g/mol. The number of nitriles is 1. The lowest BCUT2D eigenvalue weighted by molar-refractivity contribution is 0.689. The van der Waals surface area contributed by atoms with E-state index in [4.69, 9.17) is 5.26 Å². The maximum atomic E-state index is 8.48. The van der Waals surface area contributed by atoms with Gasteiger partial charge in [-0.05, 0) is 12.8 Å². The Balaban J connectivity index is 2.09. The van der Waals surface area contributed by atoms with Crippen molar-refractivity contribution in [3.05, 3.63) is 23.8 Å². The van der Waals surface area contributed by atoms with Gasteiger partial charge in [-0.1, -0.05) is 12.8 Å². The highest BCUT2D eigenvalue weighted by Crippen LogP contribution is 2.32. The lowest BCUT2D eigenvalue weighted by atomic mass is 10.1. The molecule has 0 N–H and O–H groups in total. The minimum atomic E-state index is 0.359. The molecule has 0 unspecified atom stereocenters. The van der Waals surface area contributed by atoms with Gasteiger partial charge < -0.3 is 0 Å². The number of aromatic nitrogens is 2. The van der Waals surface area contributed by atoms with Crippen molar-refractivity contribution in [2.75, 3.05) is 0 Å². The molecule has 1 aliphatic rings. The summed E-state index contributed by atoms with van der Waals surface area (Å²) in [4.78, 5) is 8.59. The van der Waals surface area contributed by atoms with Gasteiger partial charge in [-0.15, -0.1) is 0 Å². The average Bonchev–Trinajstić information content (AvgIpc) is 2.72. The van der Waals surface area contributed by atoms with E-state index in [0.29, 0.717) is 12.3 Å². The molecule has 1 fully saturated rings. The monoisotopic (exact) mass is 187 g/mol. The van der Waals surface area contributed by atoms with Gasteiger partial charge in [0.2, 0.25) is 0 Å². The largest absolute Gasteiger partial charge is 0.257 e. The van der Waals surface area contributed by atoms with Crippen LogP contribution >= 0.6 is 0 Å². The lowest BCUT2D eigenvalue weighted by Crippen LogP contribution is -1.99. The van der Waals surface area contributed by atoms with Crippen molar-refractivity contribution in [2.24, 2.45) is 0 Å². The van der Waals surface area contributed by atoms with E-state index >= 15 is 0 Å². The molecule has 0 amide bonds. The van der Waals surface area contributed by atoms with Crippen molar-refractivity contribution in [1.82, 2.24) is 9.97 Å². The number of hydrogen-bond donors (Lipinski definition) is 0. The molecule has 0 radical (unpaired) electrons. The Labute approximate surface area is 83.8 Å². The molecule has 1 saturated carbocycles. The molecule has 1 aliphatic carbocycles. The predicted octanol–water partition coefficient (Wildman–Crippen LogP) is 2.20. The molecular weight excluding hydrogens is 174 g/mol. The highest BCUT2D eigenvalue weighted by molar-refractivity contribution is 5.10. The fraction of sp³-hybridized carbons (Fsp3) is 0.545. The molecule has 0 aromatic carbocycles. The van der Waals surface area contributed by atoms with Crippen LogP contribution in [0.5, 0.6) is 0 Å². The van der Waals surface area contributed by atoms with E-state index in [0.717, 1.165) is 11.4 Å². The topological polar surface area (TPSA) is 49.6 Å². The van der Waals surface area contributed by atoms with E-state index in [1.54, 1.807) is 6.20 Å². The van der Waals surface area contributed by atoms with E-state index in [-0.39, 0.29) is 0 Å². The van der Waals surface area contributed by atoms with Crippen LogP contribution in [0.2, 0.25) is 0 Å². The Kier molecular flexibility index (Phi) is 2.73. The molecule has 0 atom stereocenters. The molecule has 0 saturated heterocycles. The molecule has 1 aromatic heterocycles. The second-order valence-corrected chi connectivity index (χ2v) is 3.75. The van der Waals surface area contributed by atoms with Gasteiger partial charge in [0.25, 0.3) is 0 Å². The quantitative estimate of drug-likeness (QED) is 0.713. The van der Waals surface area contributed by atoms with Gasteiger partial charge in [0.15, 0.2) is 0 Å². The lowest BCUT2D eigenvalue weighted by Gasteiger charge is -2.06. The van der Waals surface area contributed by atoms with E-state index in [1.807, 2.05) is 6.20 Å². The zero-order chi connectivity index (χ0) is 9.80. The first-order valence-corrected chi connectivity index (χ1v) is 5.08. The van der Waals surface area contributed by atoms with Gasteiger partial charge in [-0.25, -0.2) is 0 Å². The summed E-state index contributed by atoms with van der Waals surface area (Å²) in [6.45, 7) is 0. The molecule has 14 heavy (non-hydrogen) atoms. The third-order valence-corrected chi connectivity index (χ3v) is 2.76. The second-order valence-electron chi connectivity index (χ2n) is 3.75. The zero-order valence-corrected chi connectivity index (χ0v) is 8.11. The summed E-state index contributed by atoms with van der Waals surface area (Å²) in [5, 5.41) is 8.48. The Bertz CT molecular complexity index is 331. The van der Waals surface area contributed by atoms with Gasteiger partial charge in [0.1, 0.15) is 0 Å². The van der Waals surface area contributed by atoms with Crippen molar-refractivity contribution >= 4 is 0 Å². The van der Waals surface area contributed by atoms with Crippen molar-refractivity contribution in [3.63, 3.8) is 0 Å². The molecule has 2 rings (SSSR count). The first-order valence-electron chi connectivity index (χ1n) is 5.08. The van der Waals surface area contributed by atoms with Gasteiger partial charge in [-0.2, -0.15) is 5.26 Å². The minimum absolute atomic E-state index is 0.359. The van der Waals surface area contributed by atoms with Crippen LogP contribution in [0.1, 0.15) is 43.0 Å². The summed E-state index contributed by atoms with van der Waals surface area (Å²) in [5.41, 5.74) is 1.87. The van der Waals surface area contributed by atoms with Crippen LogP contribution in [-0.2, 0) is 6.42 Å². The van der Waals surface area contributed by atoms with Crippen LogP contribution in [0.25, 0.3) is 0 Å². The Hall–Kier alpha value is -1.43. The molecule has 72 valence electrons. The summed E-state index contributed by atoms with van der Waals surface area (Å²) in [7, 11) is 0. The normalized spacial score (nSPS) is 16.8. The first-order chi connectivity index (χ1) is 6.90. The molecule has 3 nitrogen and oxygen atoms in total. The van der Waals surface area contributed by atoms with E-state index < -0.39 is 0 Å². The van der Waals surface area contributed by atoms with E-state index in [2.05, 4.69) is 16.0 Å². The third-order valence-electron chi connectivity index (χ3n) is 2.76. The standard InChI is InChI=1S/C11H13N3/c12-6-5-10-7-14-11(8-13-10)9-3-1-2-4-9/h7-9H,1-5H2. The van der Waals surface area contributed by atoms with Gasteiger partial charge >= 0.3 is 0 Å². The van der Waals surface area contributed by atoms with Gasteiger partial charge in [0.05, 0.1) is 23.9 Å². The van der Waals surface area contributed by atoms with Gasteiger partial charge in [0, 0.05) is 18.3 Å². The fourth-order valence-corrected chi connectivity index (χ4v) is 1.97. The Morgan fingerprint density at radius 1 is 1.29 bits per heavy atom. The van der Waals surface area contributed by atoms with Crippen LogP contribution in [0, 0.1) is 11.3 Å². The Morgan fingerprint density at radius 3 is 2.64 bits per heavy atom. The molecular formula is C11H13N3. The number of rotatable bonds is 2. The van der Waals surface area contributed by atoms with Crippen molar-refractivity contribution in [1.29, 1.82) is 5.26 Å². The highest BCUT2D eigenvalue weighted by atomic mass is 14.8. The molecule has 0 spiro atoms. The zero-order valence-electron chi connectivity index (χ0n) is 8.11. The third kappa shape index (κ3) is 1.90. The second kappa shape index (κ2) is 4.19. The molecule has 0 aliphatic heterocycles. The van der Waals surface area contributed by atoms with Crippen molar-refractivity contribution < 1.29 is 0 Å². The van der Waals surface area contributed by atoms with E-state index in [1.165, 1.54) is 25.7 Å².